The molecule has 1 fully saturated rings. The van der Waals surface area contributed by atoms with Gasteiger partial charge in [0.25, 0.3) is 17.7 Å². The van der Waals surface area contributed by atoms with Crippen molar-refractivity contribution in [3.05, 3.63) is 123 Å². The quantitative estimate of drug-likeness (QED) is 0.0997. The highest BCUT2D eigenvalue weighted by Gasteiger charge is 2.54. The standard InChI is InChI=1S/C26H30ClN3O5.C21H24ClNO3/c1-6-35-24-23(33)30(25(34)29(24)15-17-10-8-7-9-11-17)20(21(31)26(3,4)5)22(32)28-19-14-16(2)12-13-18(19)27;1-13-6-9-15(10-7-13)26-18(19(24)21(3,4)5)20(25)23-17-12-14(2)8-11-16(17)22/h7-14,20,24H,6,15H2,1-5H3,(H,28,32);6-12,18H,1-5H3,(H,23,25). The number of carbonyl (C=O) groups excluding carboxylic acids is 6. The Labute approximate surface area is 367 Å². The van der Waals surface area contributed by atoms with Crippen molar-refractivity contribution >= 4 is 69.9 Å². The molecule has 12 nitrogen and oxygen atoms in total. The van der Waals surface area contributed by atoms with E-state index in [1.54, 1.807) is 90.9 Å². The Hall–Kier alpha value is -5.56. The molecule has 0 aromatic heterocycles. The first-order chi connectivity index (χ1) is 28.5. The highest BCUT2D eigenvalue weighted by atomic mass is 35.5. The number of nitrogens with zero attached hydrogens (tertiary/aromatic N) is 2. The van der Waals surface area contributed by atoms with Crippen LogP contribution in [-0.4, -0.2) is 70.1 Å². The van der Waals surface area contributed by atoms with Crippen LogP contribution in [0.3, 0.4) is 0 Å². The molecule has 3 atom stereocenters. The number of urea groups is 1. The van der Waals surface area contributed by atoms with E-state index in [1.807, 2.05) is 69.3 Å². The summed E-state index contributed by atoms with van der Waals surface area (Å²) >= 11 is 12.4. The zero-order valence-electron chi connectivity index (χ0n) is 36.2. The third kappa shape index (κ3) is 12.5. The number of ketones is 2. The molecule has 1 aliphatic heterocycles. The predicted molar refractivity (Wildman–Crippen MR) is 238 cm³/mol. The van der Waals surface area contributed by atoms with Crippen LogP contribution in [0.15, 0.2) is 91.0 Å². The molecular formula is C47H54Cl2N4O8. The molecular weight excluding hydrogens is 819 g/mol. The van der Waals surface area contributed by atoms with Gasteiger partial charge in [-0.25, -0.2) is 9.69 Å². The molecule has 4 aromatic rings. The lowest BCUT2D eigenvalue weighted by Crippen LogP contribution is -2.55. The second kappa shape index (κ2) is 20.3. The van der Waals surface area contributed by atoms with Gasteiger partial charge in [0, 0.05) is 17.4 Å². The van der Waals surface area contributed by atoms with Crippen LogP contribution >= 0.6 is 23.2 Å². The minimum atomic E-state index is -1.70. The van der Waals surface area contributed by atoms with Crippen LogP contribution in [-0.2, 0) is 35.3 Å². The lowest BCUT2D eigenvalue weighted by molar-refractivity contribution is -0.149. The number of Topliss-reactive ketones (excluding diaryl/α,β-unsaturated/α-hetero) is 2. The fourth-order valence-corrected chi connectivity index (χ4v) is 6.41. The number of anilines is 2. The summed E-state index contributed by atoms with van der Waals surface area (Å²) in [5.74, 6) is -2.56. The van der Waals surface area contributed by atoms with Crippen molar-refractivity contribution in [3.63, 3.8) is 0 Å². The van der Waals surface area contributed by atoms with Gasteiger partial charge in [-0.15, -0.1) is 0 Å². The maximum Gasteiger partial charge on any atom is 0.330 e. The Morgan fingerprint density at radius 1 is 0.689 bits per heavy atom. The summed E-state index contributed by atoms with van der Waals surface area (Å²) in [5.41, 5.74) is 2.60. The molecule has 1 saturated heterocycles. The molecule has 5 rings (SSSR count). The minimum Gasteiger partial charge on any atom is -0.473 e. The number of carbonyl (C=O) groups is 6. The van der Waals surface area contributed by atoms with Gasteiger partial charge < -0.3 is 20.1 Å². The summed E-state index contributed by atoms with van der Waals surface area (Å²) in [4.78, 5) is 81.5. The molecule has 0 radical (unpaired) electrons. The third-order valence-electron chi connectivity index (χ3n) is 9.45. The number of amides is 5. The van der Waals surface area contributed by atoms with Crippen LogP contribution in [0.25, 0.3) is 0 Å². The van der Waals surface area contributed by atoms with Gasteiger partial charge in [-0.1, -0.05) is 125 Å². The van der Waals surface area contributed by atoms with Crippen molar-refractivity contribution in [2.45, 2.75) is 94.2 Å². The van der Waals surface area contributed by atoms with Gasteiger partial charge in [0.05, 0.1) is 28.0 Å². The average molecular weight is 874 g/mol. The number of imide groups is 1. The number of nitrogens with one attached hydrogen (secondary N) is 2. The Morgan fingerprint density at radius 2 is 1.18 bits per heavy atom. The first-order valence-corrected chi connectivity index (χ1v) is 20.5. The molecule has 324 valence electrons. The molecule has 3 unspecified atom stereocenters. The van der Waals surface area contributed by atoms with Crippen molar-refractivity contribution < 1.29 is 38.2 Å². The number of benzene rings is 4. The summed E-state index contributed by atoms with van der Waals surface area (Å²) in [5, 5.41) is 6.03. The van der Waals surface area contributed by atoms with E-state index >= 15 is 0 Å². The van der Waals surface area contributed by atoms with Crippen molar-refractivity contribution in [1.29, 1.82) is 0 Å². The lowest BCUT2D eigenvalue weighted by atomic mass is 9.85. The lowest BCUT2D eigenvalue weighted by Gasteiger charge is -2.29. The Kier molecular flexibility index (Phi) is 16.0. The van der Waals surface area contributed by atoms with Crippen molar-refractivity contribution in [2.75, 3.05) is 17.2 Å². The zero-order valence-corrected chi connectivity index (χ0v) is 37.7. The van der Waals surface area contributed by atoms with Crippen molar-refractivity contribution in [2.24, 2.45) is 10.8 Å². The van der Waals surface area contributed by atoms with Crippen molar-refractivity contribution in [1.82, 2.24) is 9.80 Å². The first-order valence-electron chi connectivity index (χ1n) is 19.8. The van der Waals surface area contributed by atoms with Gasteiger partial charge in [-0.3, -0.25) is 28.9 Å². The number of halogens is 2. The largest absolute Gasteiger partial charge is 0.473 e. The van der Waals surface area contributed by atoms with Crippen molar-refractivity contribution in [3.8, 4) is 5.75 Å². The second-order valence-electron chi connectivity index (χ2n) is 16.8. The van der Waals surface area contributed by atoms with Gasteiger partial charge in [-0.05, 0) is 80.8 Å². The van der Waals surface area contributed by atoms with E-state index in [4.69, 9.17) is 32.7 Å². The second-order valence-corrected chi connectivity index (χ2v) is 17.6. The van der Waals surface area contributed by atoms with Crippen LogP contribution < -0.4 is 15.4 Å². The molecule has 14 heteroatoms. The molecule has 1 aliphatic rings. The Morgan fingerprint density at radius 3 is 1.67 bits per heavy atom. The van der Waals surface area contributed by atoms with E-state index < -0.39 is 58.7 Å². The number of aryl methyl sites for hydroxylation is 3. The number of hydrogen-bond donors (Lipinski definition) is 2. The summed E-state index contributed by atoms with van der Waals surface area (Å²) in [6.45, 7) is 17.8. The van der Waals surface area contributed by atoms with E-state index in [9.17, 15) is 28.8 Å². The van der Waals surface area contributed by atoms with Gasteiger partial charge in [0.1, 0.15) is 5.75 Å². The maximum atomic E-state index is 13.5. The summed E-state index contributed by atoms with van der Waals surface area (Å²) in [6, 6.07) is 24.2. The van der Waals surface area contributed by atoms with Crippen LogP contribution in [0.1, 0.15) is 70.7 Å². The number of rotatable bonds is 13. The molecule has 0 spiro atoms. The highest BCUT2D eigenvalue weighted by Crippen LogP contribution is 2.31. The van der Waals surface area contributed by atoms with E-state index in [0.717, 1.165) is 27.2 Å². The molecule has 0 aliphatic carbocycles. The Bertz CT molecular complexity index is 2250. The van der Waals surface area contributed by atoms with E-state index in [1.165, 1.54) is 4.90 Å². The SMILES string of the molecule is CCOC1C(=O)N(C(C(=O)Nc2cc(C)ccc2Cl)C(=O)C(C)(C)C)C(=O)N1Cc1ccccc1.Cc1ccc(OC(C(=O)Nc2cc(C)ccc2Cl)C(=O)C(C)(C)C)cc1. The summed E-state index contributed by atoms with van der Waals surface area (Å²) in [6.07, 6.45) is -2.52. The monoisotopic (exact) mass is 872 g/mol. The van der Waals surface area contributed by atoms with E-state index in [2.05, 4.69) is 10.6 Å². The van der Waals surface area contributed by atoms with Crippen LogP contribution in [0, 0.1) is 31.6 Å². The van der Waals surface area contributed by atoms with Crippen LogP contribution in [0.4, 0.5) is 16.2 Å². The normalized spacial score (nSPS) is 15.0. The van der Waals surface area contributed by atoms with Gasteiger partial charge in [0.15, 0.2) is 17.6 Å². The molecule has 1 heterocycles. The summed E-state index contributed by atoms with van der Waals surface area (Å²) < 4.78 is 11.4. The Balaban J connectivity index is 0.000000281. The maximum absolute atomic E-state index is 13.5. The first kappa shape index (κ1) is 48.1. The average Bonchev–Trinajstić information content (AvgIpc) is 3.41. The topological polar surface area (TPSA) is 151 Å². The molecule has 61 heavy (non-hydrogen) atoms. The highest BCUT2D eigenvalue weighted by molar-refractivity contribution is 6.34. The zero-order chi connectivity index (χ0) is 45.4. The fourth-order valence-electron chi connectivity index (χ4n) is 6.08. The van der Waals surface area contributed by atoms with Gasteiger partial charge in [0.2, 0.25) is 12.3 Å². The van der Waals surface area contributed by atoms with Crippen LogP contribution in [0.5, 0.6) is 5.75 Å². The van der Waals surface area contributed by atoms with Gasteiger partial charge >= 0.3 is 6.03 Å². The van der Waals surface area contributed by atoms with E-state index in [-0.39, 0.29) is 29.6 Å². The molecule has 0 saturated carbocycles. The van der Waals surface area contributed by atoms with E-state index in [0.29, 0.717) is 16.5 Å². The predicted octanol–water partition coefficient (Wildman–Crippen LogP) is 9.36. The third-order valence-corrected chi connectivity index (χ3v) is 10.1. The minimum absolute atomic E-state index is 0.0777. The molecule has 5 amide bonds. The summed E-state index contributed by atoms with van der Waals surface area (Å²) in [7, 11) is 0. The number of ether oxygens (including phenoxy) is 2. The molecule has 2 N–H and O–H groups in total. The smallest absolute Gasteiger partial charge is 0.330 e. The van der Waals surface area contributed by atoms with Crippen LogP contribution in [0.2, 0.25) is 10.0 Å². The molecule has 0 bridgehead atoms. The van der Waals surface area contributed by atoms with Gasteiger partial charge in [-0.2, -0.15) is 0 Å². The molecule has 4 aromatic carbocycles. The number of hydrogen-bond acceptors (Lipinski definition) is 8. The fraction of sp³-hybridized carbons (Fsp3) is 0.362.